The minimum atomic E-state index is -0.0376. The van der Waals surface area contributed by atoms with Gasteiger partial charge in [0.05, 0.1) is 6.61 Å². The van der Waals surface area contributed by atoms with Crippen LogP contribution in [-0.4, -0.2) is 37.1 Å². The maximum absolute atomic E-state index is 12.0. The summed E-state index contributed by atoms with van der Waals surface area (Å²) in [5.41, 5.74) is 0.960. The van der Waals surface area contributed by atoms with Crippen LogP contribution < -0.4 is 9.47 Å². The topological polar surface area (TPSA) is 38.8 Å². The van der Waals surface area contributed by atoms with Crippen molar-refractivity contribution >= 4 is 5.91 Å². The Bertz CT molecular complexity index is 440. The van der Waals surface area contributed by atoms with Gasteiger partial charge in [-0.15, -0.1) is 0 Å². The monoisotopic (exact) mass is 277 g/mol. The third-order valence-corrected chi connectivity index (χ3v) is 2.69. The predicted molar refractivity (Wildman–Crippen MR) is 80.2 cm³/mol. The lowest BCUT2D eigenvalue weighted by molar-refractivity contribution is -0.132. The molecule has 0 atom stereocenters. The highest BCUT2D eigenvalue weighted by Crippen LogP contribution is 2.17. The van der Waals surface area contributed by atoms with Gasteiger partial charge in [-0.25, -0.2) is 0 Å². The van der Waals surface area contributed by atoms with E-state index in [9.17, 15) is 4.79 Å². The number of carbonyl (C=O) groups is 1. The summed E-state index contributed by atoms with van der Waals surface area (Å²) >= 11 is 0. The maximum atomic E-state index is 12.0. The standard InChI is InChI=1S/C16H23NO3/c1-5-17(11-13(3)4)16(18)12-20-15-9-7-14(8-10-15)19-6-2/h7-10H,3,5-6,11-12H2,1-2,4H3. The van der Waals surface area contributed by atoms with Gasteiger partial charge in [-0.05, 0) is 45.0 Å². The number of ether oxygens (including phenoxy) is 2. The first-order valence-corrected chi connectivity index (χ1v) is 6.84. The lowest BCUT2D eigenvalue weighted by Crippen LogP contribution is -2.35. The largest absolute Gasteiger partial charge is 0.494 e. The van der Waals surface area contributed by atoms with Gasteiger partial charge in [-0.1, -0.05) is 12.2 Å². The zero-order valence-electron chi connectivity index (χ0n) is 12.5. The number of amides is 1. The van der Waals surface area contributed by atoms with Crippen molar-refractivity contribution in [3.05, 3.63) is 36.4 Å². The van der Waals surface area contributed by atoms with E-state index in [4.69, 9.17) is 9.47 Å². The minimum absolute atomic E-state index is 0.0368. The summed E-state index contributed by atoms with van der Waals surface area (Å²) < 4.78 is 10.8. The molecule has 0 aliphatic heterocycles. The molecule has 110 valence electrons. The molecule has 0 N–H and O–H groups in total. The van der Waals surface area contributed by atoms with E-state index in [-0.39, 0.29) is 12.5 Å². The maximum Gasteiger partial charge on any atom is 0.260 e. The molecule has 0 aromatic heterocycles. The Morgan fingerprint density at radius 2 is 1.70 bits per heavy atom. The third-order valence-electron chi connectivity index (χ3n) is 2.69. The van der Waals surface area contributed by atoms with Crippen LogP contribution >= 0.6 is 0 Å². The summed E-state index contributed by atoms with van der Waals surface area (Å²) in [4.78, 5) is 13.7. The second-order valence-corrected chi connectivity index (χ2v) is 4.56. The molecular weight excluding hydrogens is 254 g/mol. The Balaban J connectivity index is 2.48. The molecule has 1 aromatic rings. The molecule has 0 aliphatic carbocycles. The first-order chi connectivity index (χ1) is 9.56. The van der Waals surface area contributed by atoms with Gasteiger partial charge in [-0.3, -0.25) is 4.79 Å². The summed E-state index contributed by atoms with van der Waals surface area (Å²) in [6.07, 6.45) is 0. The Kier molecular flexibility index (Phi) is 6.64. The molecule has 0 bridgehead atoms. The smallest absolute Gasteiger partial charge is 0.260 e. The zero-order valence-corrected chi connectivity index (χ0v) is 12.5. The molecule has 1 aromatic carbocycles. The van der Waals surface area contributed by atoms with Gasteiger partial charge < -0.3 is 14.4 Å². The highest BCUT2D eigenvalue weighted by atomic mass is 16.5. The van der Waals surface area contributed by atoms with Crippen molar-refractivity contribution in [3.63, 3.8) is 0 Å². The van der Waals surface area contributed by atoms with Gasteiger partial charge in [0.25, 0.3) is 5.91 Å². The molecule has 20 heavy (non-hydrogen) atoms. The van der Waals surface area contributed by atoms with Crippen molar-refractivity contribution < 1.29 is 14.3 Å². The van der Waals surface area contributed by atoms with E-state index in [1.54, 1.807) is 17.0 Å². The fraction of sp³-hybridized carbons (Fsp3) is 0.438. The average molecular weight is 277 g/mol. The molecule has 0 fully saturated rings. The summed E-state index contributed by atoms with van der Waals surface area (Å²) in [5.74, 6) is 1.42. The quantitative estimate of drug-likeness (QED) is 0.686. The van der Waals surface area contributed by atoms with Gasteiger partial charge >= 0.3 is 0 Å². The van der Waals surface area contributed by atoms with Crippen LogP contribution in [0.4, 0.5) is 0 Å². The normalized spacial score (nSPS) is 9.95. The van der Waals surface area contributed by atoms with Crippen LogP contribution in [0.15, 0.2) is 36.4 Å². The number of rotatable bonds is 8. The van der Waals surface area contributed by atoms with E-state index in [2.05, 4.69) is 6.58 Å². The number of hydrogen-bond donors (Lipinski definition) is 0. The fourth-order valence-electron chi connectivity index (χ4n) is 1.74. The summed E-state index contributed by atoms with van der Waals surface area (Å²) in [6, 6.07) is 7.25. The van der Waals surface area contributed by atoms with Crippen LogP contribution in [0, 0.1) is 0 Å². The Morgan fingerprint density at radius 3 is 2.15 bits per heavy atom. The van der Waals surface area contributed by atoms with Crippen LogP contribution in [0.5, 0.6) is 11.5 Å². The molecule has 0 radical (unpaired) electrons. The molecule has 0 spiro atoms. The van der Waals surface area contributed by atoms with Crippen molar-refractivity contribution in [2.24, 2.45) is 0 Å². The third kappa shape index (κ3) is 5.34. The van der Waals surface area contributed by atoms with E-state index in [1.165, 1.54) is 0 Å². The van der Waals surface area contributed by atoms with E-state index < -0.39 is 0 Å². The molecule has 1 rings (SSSR count). The number of carbonyl (C=O) groups excluding carboxylic acids is 1. The number of likely N-dealkylation sites (N-methyl/N-ethyl adjacent to an activating group) is 1. The van der Waals surface area contributed by atoms with E-state index in [0.29, 0.717) is 25.4 Å². The van der Waals surface area contributed by atoms with Crippen molar-refractivity contribution in [1.82, 2.24) is 4.90 Å². The summed E-state index contributed by atoms with van der Waals surface area (Å²) in [6.45, 7) is 11.5. The molecule has 4 heteroatoms. The number of nitrogens with zero attached hydrogens (tertiary/aromatic N) is 1. The van der Waals surface area contributed by atoms with E-state index in [1.807, 2.05) is 32.9 Å². The second kappa shape index (κ2) is 8.25. The van der Waals surface area contributed by atoms with Crippen LogP contribution in [0.2, 0.25) is 0 Å². The van der Waals surface area contributed by atoms with Crippen molar-refractivity contribution in [2.45, 2.75) is 20.8 Å². The van der Waals surface area contributed by atoms with Crippen LogP contribution in [0.1, 0.15) is 20.8 Å². The van der Waals surface area contributed by atoms with Gasteiger partial charge in [0, 0.05) is 13.1 Å². The average Bonchev–Trinajstić information content (AvgIpc) is 2.43. The van der Waals surface area contributed by atoms with Crippen molar-refractivity contribution in [3.8, 4) is 11.5 Å². The molecule has 0 aliphatic rings. The lowest BCUT2D eigenvalue weighted by atomic mass is 10.3. The first kappa shape index (κ1) is 16.1. The minimum Gasteiger partial charge on any atom is -0.494 e. The predicted octanol–water partition coefficient (Wildman–Crippen LogP) is 2.89. The summed E-state index contributed by atoms with van der Waals surface area (Å²) in [7, 11) is 0. The molecule has 0 saturated carbocycles. The van der Waals surface area contributed by atoms with Crippen LogP contribution in [0.3, 0.4) is 0 Å². The van der Waals surface area contributed by atoms with Crippen molar-refractivity contribution in [1.29, 1.82) is 0 Å². The van der Waals surface area contributed by atoms with Crippen LogP contribution in [0.25, 0.3) is 0 Å². The van der Waals surface area contributed by atoms with Crippen molar-refractivity contribution in [2.75, 3.05) is 26.3 Å². The van der Waals surface area contributed by atoms with E-state index in [0.717, 1.165) is 11.3 Å². The fourth-order valence-corrected chi connectivity index (χ4v) is 1.74. The van der Waals surface area contributed by atoms with Gasteiger partial charge in [0.2, 0.25) is 0 Å². The van der Waals surface area contributed by atoms with Gasteiger partial charge in [-0.2, -0.15) is 0 Å². The van der Waals surface area contributed by atoms with E-state index >= 15 is 0 Å². The Morgan fingerprint density at radius 1 is 1.15 bits per heavy atom. The molecule has 0 unspecified atom stereocenters. The van der Waals surface area contributed by atoms with Gasteiger partial charge in [0.1, 0.15) is 11.5 Å². The zero-order chi connectivity index (χ0) is 15.0. The summed E-state index contributed by atoms with van der Waals surface area (Å²) in [5, 5.41) is 0. The number of hydrogen-bond acceptors (Lipinski definition) is 3. The lowest BCUT2D eigenvalue weighted by Gasteiger charge is -2.21. The Hall–Kier alpha value is -1.97. The molecule has 0 heterocycles. The number of benzene rings is 1. The van der Waals surface area contributed by atoms with Gasteiger partial charge in [0.15, 0.2) is 6.61 Å². The molecule has 4 nitrogen and oxygen atoms in total. The first-order valence-electron chi connectivity index (χ1n) is 6.84. The second-order valence-electron chi connectivity index (χ2n) is 4.56. The highest BCUT2D eigenvalue weighted by Gasteiger charge is 2.12. The molecular formula is C16H23NO3. The molecule has 1 amide bonds. The molecule has 0 saturated heterocycles. The Labute approximate surface area is 121 Å². The SMILES string of the molecule is C=C(C)CN(CC)C(=O)COc1ccc(OCC)cc1. The highest BCUT2D eigenvalue weighted by molar-refractivity contribution is 5.78. The van der Waals surface area contributed by atoms with Crippen LogP contribution in [-0.2, 0) is 4.79 Å².